The van der Waals surface area contributed by atoms with Crippen LogP contribution in [0.5, 0.6) is 0 Å². The van der Waals surface area contributed by atoms with Gasteiger partial charge in [0.25, 0.3) is 0 Å². The molecule has 102 valence electrons. The number of nitrogens with one attached hydrogen (secondary N) is 1. The summed E-state index contributed by atoms with van der Waals surface area (Å²) in [6.45, 7) is 10.2. The fraction of sp³-hybridized carbons (Fsp3) is 0.800. The summed E-state index contributed by atoms with van der Waals surface area (Å²) < 4.78 is 2.36. The molecule has 3 nitrogen and oxygen atoms in total. The molecule has 0 amide bonds. The number of rotatable bonds is 4. The lowest BCUT2D eigenvalue weighted by molar-refractivity contribution is 0.187. The van der Waals surface area contributed by atoms with Crippen LogP contribution in [-0.4, -0.2) is 16.1 Å². The van der Waals surface area contributed by atoms with Gasteiger partial charge in [-0.1, -0.05) is 40.5 Å². The van der Waals surface area contributed by atoms with Crippen molar-refractivity contribution in [3.05, 3.63) is 12.4 Å². The van der Waals surface area contributed by atoms with E-state index in [9.17, 15) is 0 Å². The van der Waals surface area contributed by atoms with Crippen LogP contribution in [0, 0.1) is 17.8 Å². The standard InChI is InChI=1S/C15H27N3/c1-11(2)10-17-15-16-8-9-18(15)14-7-5-6-12(3)13(14)4/h8-9,11-14H,5-7,10H2,1-4H3,(H,16,17). The van der Waals surface area contributed by atoms with Gasteiger partial charge >= 0.3 is 0 Å². The number of hydrogen-bond acceptors (Lipinski definition) is 2. The molecule has 0 saturated heterocycles. The van der Waals surface area contributed by atoms with Crippen LogP contribution < -0.4 is 5.32 Å². The molecule has 0 bridgehead atoms. The SMILES string of the molecule is CC(C)CNc1nccn1C1CCCC(C)C1C. The Morgan fingerprint density at radius 3 is 2.89 bits per heavy atom. The summed E-state index contributed by atoms with van der Waals surface area (Å²) in [7, 11) is 0. The van der Waals surface area contributed by atoms with Crippen molar-refractivity contribution in [3.8, 4) is 0 Å². The minimum absolute atomic E-state index is 0.617. The molecule has 0 aliphatic heterocycles. The largest absolute Gasteiger partial charge is 0.355 e. The highest BCUT2D eigenvalue weighted by molar-refractivity contribution is 5.27. The van der Waals surface area contributed by atoms with E-state index in [0.717, 1.165) is 24.3 Å². The summed E-state index contributed by atoms with van der Waals surface area (Å²) in [4.78, 5) is 4.47. The molecule has 18 heavy (non-hydrogen) atoms. The Labute approximate surface area is 111 Å². The number of nitrogens with zero attached hydrogens (tertiary/aromatic N) is 2. The Kier molecular flexibility index (Phi) is 4.31. The molecule has 1 aliphatic rings. The van der Waals surface area contributed by atoms with E-state index in [1.54, 1.807) is 0 Å². The van der Waals surface area contributed by atoms with Crippen LogP contribution in [0.3, 0.4) is 0 Å². The molecule has 3 unspecified atom stereocenters. The summed E-state index contributed by atoms with van der Waals surface area (Å²) >= 11 is 0. The van der Waals surface area contributed by atoms with Gasteiger partial charge in [-0.05, 0) is 24.2 Å². The van der Waals surface area contributed by atoms with E-state index in [-0.39, 0.29) is 0 Å². The third-order valence-corrected chi connectivity index (χ3v) is 4.36. The van der Waals surface area contributed by atoms with E-state index in [0.29, 0.717) is 12.0 Å². The molecule has 0 spiro atoms. The van der Waals surface area contributed by atoms with Gasteiger partial charge < -0.3 is 9.88 Å². The van der Waals surface area contributed by atoms with Crippen LogP contribution in [-0.2, 0) is 0 Å². The molecule has 2 rings (SSSR count). The van der Waals surface area contributed by atoms with Crippen molar-refractivity contribution in [2.45, 2.75) is 53.0 Å². The lowest BCUT2D eigenvalue weighted by Gasteiger charge is -2.35. The Bertz CT molecular complexity index is 370. The van der Waals surface area contributed by atoms with Gasteiger partial charge in [0.1, 0.15) is 0 Å². The maximum atomic E-state index is 4.47. The zero-order valence-corrected chi connectivity index (χ0v) is 12.2. The molecule has 1 aliphatic carbocycles. The fourth-order valence-electron chi connectivity index (χ4n) is 2.96. The first-order valence-electron chi connectivity index (χ1n) is 7.36. The third-order valence-electron chi connectivity index (χ3n) is 4.36. The van der Waals surface area contributed by atoms with Crippen molar-refractivity contribution in [2.75, 3.05) is 11.9 Å². The molecule has 1 aromatic rings. The first-order valence-corrected chi connectivity index (χ1v) is 7.36. The zero-order chi connectivity index (χ0) is 13.1. The van der Waals surface area contributed by atoms with E-state index >= 15 is 0 Å². The molecule has 1 fully saturated rings. The molecular formula is C15H27N3. The monoisotopic (exact) mass is 249 g/mol. The molecular weight excluding hydrogens is 222 g/mol. The molecule has 3 heteroatoms. The highest BCUT2D eigenvalue weighted by atomic mass is 15.2. The van der Waals surface area contributed by atoms with Gasteiger partial charge in [-0.15, -0.1) is 0 Å². The predicted octanol–water partition coefficient (Wildman–Crippen LogP) is 3.95. The first-order chi connectivity index (χ1) is 8.59. The second-order valence-corrected chi connectivity index (χ2v) is 6.27. The van der Waals surface area contributed by atoms with Crippen LogP contribution in [0.25, 0.3) is 0 Å². The second kappa shape index (κ2) is 5.77. The number of hydrogen-bond donors (Lipinski definition) is 1. The average molecular weight is 249 g/mol. The summed E-state index contributed by atoms with van der Waals surface area (Å²) in [6.07, 6.45) is 8.08. The van der Waals surface area contributed by atoms with Crippen molar-refractivity contribution in [1.82, 2.24) is 9.55 Å². The van der Waals surface area contributed by atoms with E-state index in [2.05, 4.69) is 48.8 Å². The predicted molar refractivity (Wildman–Crippen MR) is 76.8 cm³/mol. The first kappa shape index (κ1) is 13.4. The topological polar surface area (TPSA) is 29.9 Å². The van der Waals surface area contributed by atoms with Crippen molar-refractivity contribution >= 4 is 5.95 Å². The summed E-state index contributed by atoms with van der Waals surface area (Å²) in [5, 5.41) is 3.48. The van der Waals surface area contributed by atoms with Crippen molar-refractivity contribution < 1.29 is 0 Å². The van der Waals surface area contributed by atoms with Crippen LogP contribution in [0.1, 0.15) is 53.0 Å². The molecule has 1 N–H and O–H groups in total. The summed E-state index contributed by atoms with van der Waals surface area (Å²) in [5.41, 5.74) is 0. The van der Waals surface area contributed by atoms with Crippen LogP contribution in [0.2, 0.25) is 0 Å². The zero-order valence-electron chi connectivity index (χ0n) is 12.2. The quantitative estimate of drug-likeness (QED) is 0.875. The maximum absolute atomic E-state index is 4.47. The minimum Gasteiger partial charge on any atom is -0.355 e. The van der Waals surface area contributed by atoms with Gasteiger partial charge in [0, 0.05) is 25.0 Å². The molecule has 3 atom stereocenters. The average Bonchev–Trinajstić information content (AvgIpc) is 2.78. The molecule has 1 saturated carbocycles. The lowest BCUT2D eigenvalue weighted by Crippen LogP contribution is -2.28. The molecule has 1 heterocycles. The van der Waals surface area contributed by atoms with Crippen molar-refractivity contribution in [3.63, 3.8) is 0 Å². The van der Waals surface area contributed by atoms with Gasteiger partial charge in [-0.3, -0.25) is 0 Å². The molecule has 0 aromatic carbocycles. The van der Waals surface area contributed by atoms with E-state index in [1.807, 2.05) is 6.20 Å². The van der Waals surface area contributed by atoms with E-state index in [4.69, 9.17) is 0 Å². The van der Waals surface area contributed by atoms with Gasteiger partial charge in [-0.2, -0.15) is 0 Å². The second-order valence-electron chi connectivity index (χ2n) is 6.27. The Hall–Kier alpha value is -0.990. The number of anilines is 1. The van der Waals surface area contributed by atoms with Gasteiger partial charge in [0.2, 0.25) is 5.95 Å². The van der Waals surface area contributed by atoms with Crippen molar-refractivity contribution in [1.29, 1.82) is 0 Å². The summed E-state index contributed by atoms with van der Waals surface area (Å²) in [5.74, 6) is 3.27. The van der Waals surface area contributed by atoms with Gasteiger partial charge in [0.05, 0.1) is 0 Å². The highest BCUT2D eigenvalue weighted by Gasteiger charge is 2.29. The van der Waals surface area contributed by atoms with Crippen LogP contribution in [0.15, 0.2) is 12.4 Å². The lowest BCUT2D eigenvalue weighted by atomic mass is 9.78. The van der Waals surface area contributed by atoms with E-state index in [1.165, 1.54) is 19.3 Å². The number of imidazole rings is 1. The van der Waals surface area contributed by atoms with Crippen molar-refractivity contribution in [2.24, 2.45) is 17.8 Å². The highest BCUT2D eigenvalue weighted by Crippen LogP contribution is 2.38. The fourth-order valence-corrected chi connectivity index (χ4v) is 2.96. The maximum Gasteiger partial charge on any atom is 0.203 e. The Balaban J connectivity index is 2.10. The molecule has 1 aromatic heterocycles. The third kappa shape index (κ3) is 2.88. The normalized spacial score (nSPS) is 28.6. The van der Waals surface area contributed by atoms with Crippen LogP contribution in [0.4, 0.5) is 5.95 Å². The number of aromatic nitrogens is 2. The summed E-state index contributed by atoms with van der Waals surface area (Å²) in [6, 6.07) is 0.617. The van der Waals surface area contributed by atoms with Gasteiger partial charge in [0.15, 0.2) is 0 Å². The molecule has 0 radical (unpaired) electrons. The van der Waals surface area contributed by atoms with E-state index < -0.39 is 0 Å². The smallest absolute Gasteiger partial charge is 0.203 e. The Morgan fingerprint density at radius 1 is 1.39 bits per heavy atom. The van der Waals surface area contributed by atoms with Gasteiger partial charge in [-0.25, -0.2) is 4.98 Å². The van der Waals surface area contributed by atoms with Crippen LogP contribution >= 0.6 is 0 Å². The minimum atomic E-state index is 0.617. The Morgan fingerprint density at radius 2 is 2.17 bits per heavy atom.